The van der Waals surface area contributed by atoms with Gasteiger partial charge in [-0.2, -0.15) is 0 Å². The molecule has 0 spiro atoms. The van der Waals surface area contributed by atoms with Gasteiger partial charge in [0.1, 0.15) is 0 Å². The predicted octanol–water partition coefficient (Wildman–Crippen LogP) is 2.92. The van der Waals surface area contributed by atoms with Crippen molar-refractivity contribution >= 4 is 23.2 Å². The fourth-order valence-corrected chi connectivity index (χ4v) is 2.77. The maximum atomic E-state index is 5.97. The van der Waals surface area contributed by atoms with Crippen molar-refractivity contribution < 1.29 is 0 Å². The van der Waals surface area contributed by atoms with E-state index in [2.05, 4.69) is 4.90 Å². The molecule has 0 unspecified atom stereocenters. The summed E-state index contributed by atoms with van der Waals surface area (Å²) < 4.78 is 0. The second-order valence-corrected chi connectivity index (χ2v) is 5.29. The van der Waals surface area contributed by atoms with Crippen molar-refractivity contribution in [3.63, 3.8) is 0 Å². The molecule has 0 aromatic heterocycles. The molecule has 0 amide bonds. The minimum Gasteiger partial charge on any atom is -0.327 e. The normalized spacial score (nSPS) is 22.3. The van der Waals surface area contributed by atoms with Crippen LogP contribution < -0.4 is 5.73 Å². The van der Waals surface area contributed by atoms with Gasteiger partial charge in [0, 0.05) is 29.2 Å². The molecule has 2 N–H and O–H groups in total. The number of halogens is 2. The van der Waals surface area contributed by atoms with Gasteiger partial charge in [0.25, 0.3) is 0 Å². The van der Waals surface area contributed by atoms with Crippen molar-refractivity contribution in [2.45, 2.75) is 25.4 Å². The zero-order chi connectivity index (χ0) is 11.5. The SMILES string of the molecule is N[C@H]1CCCN(Cc2cc(Cl)cc(Cl)c2)C1. The summed E-state index contributed by atoms with van der Waals surface area (Å²) in [6, 6.07) is 6.00. The summed E-state index contributed by atoms with van der Waals surface area (Å²) in [6.07, 6.45) is 2.31. The van der Waals surface area contributed by atoms with E-state index < -0.39 is 0 Å². The Morgan fingerprint density at radius 3 is 2.56 bits per heavy atom. The lowest BCUT2D eigenvalue weighted by Gasteiger charge is -2.30. The Balaban J connectivity index is 2.02. The van der Waals surface area contributed by atoms with E-state index in [1.165, 1.54) is 6.42 Å². The highest BCUT2D eigenvalue weighted by atomic mass is 35.5. The number of rotatable bonds is 2. The van der Waals surface area contributed by atoms with Crippen LogP contribution in [0.15, 0.2) is 18.2 Å². The lowest BCUT2D eigenvalue weighted by Crippen LogP contribution is -2.42. The Morgan fingerprint density at radius 1 is 1.25 bits per heavy atom. The molecule has 4 heteroatoms. The fourth-order valence-electron chi connectivity index (χ4n) is 2.20. The number of nitrogens with two attached hydrogens (primary N) is 1. The molecule has 1 aromatic rings. The summed E-state index contributed by atoms with van der Waals surface area (Å²) in [5.74, 6) is 0. The molecule has 0 radical (unpaired) electrons. The summed E-state index contributed by atoms with van der Waals surface area (Å²) in [4.78, 5) is 2.36. The summed E-state index contributed by atoms with van der Waals surface area (Å²) in [5.41, 5.74) is 7.10. The molecular formula is C12H16Cl2N2. The molecule has 16 heavy (non-hydrogen) atoms. The zero-order valence-corrected chi connectivity index (χ0v) is 10.6. The van der Waals surface area contributed by atoms with Crippen molar-refractivity contribution in [1.29, 1.82) is 0 Å². The van der Waals surface area contributed by atoms with Crippen molar-refractivity contribution in [2.24, 2.45) is 5.73 Å². The van der Waals surface area contributed by atoms with Gasteiger partial charge in [-0.3, -0.25) is 4.90 Å². The van der Waals surface area contributed by atoms with Crippen LogP contribution in [0.3, 0.4) is 0 Å². The first-order valence-electron chi connectivity index (χ1n) is 5.56. The zero-order valence-electron chi connectivity index (χ0n) is 9.13. The molecule has 1 fully saturated rings. The van der Waals surface area contributed by atoms with Gasteiger partial charge in [-0.05, 0) is 43.1 Å². The molecule has 0 saturated carbocycles. The second-order valence-electron chi connectivity index (χ2n) is 4.42. The van der Waals surface area contributed by atoms with Crippen LogP contribution in [0.4, 0.5) is 0 Å². The monoisotopic (exact) mass is 258 g/mol. The Bertz CT molecular complexity index is 348. The first kappa shape index (κ1) is 12.2. The highest BCUT2D eigenvalue weighted by molar-refractivity contribution is 6.34. The van der Waals surface area contributed by atoms with Crippen LogP contribution in [0, 0.1) is 0 Å². The largest absolute Gasteiger partial charge is 0.327 e. The van der Waals surface area contributed by atoms with Gasteiger partial charge in [0.05, 0.1) is 0 Å². The Hall–Kier alpha value is -0.280. The molecule has 1 aromatic carbocycles. The third-order valence-corrected chi connectivity index (χ3v) is 3.31. The van der Waals surface area contributed by atoms with E-state index in [-0.39, 0.29) is 0 Å². The molecule has 2 rings (SSSR count). The first-order valence-corrected chi connectivity index (χ1v) is 6.32. The van der Waals surface area contributed by atoms with Crippen molar-refractivity contribution in [3.05, 3.63) is 33.8 Å². The molecular weight excluding hydrogens is 243 g/mol. The molecule has 0 bridgehead atoms. The topological polar surface area (TPSA) is 29.3 Å². The second kappa shape index (κ2) is 5.37. The quantitative estimate of drug-likeness (QED) is 0.884. The van der Waals surface area contributed by atoms with Crippen molar-refractivity contribution in [2.75, 3.05) is 13.1 Å². The molecule has 1 heterocycles. The van der Waals surface area contributed by atoms with Crippen LogP contribution in [-0.2, 0) is 6.54 Å². The van der Waals surface area contributed by atoms with Crippen LogP contribution in [-0.4, -0.2) is 24.0 Å². The van der Waals surface area contributed by atoms with Crippen LogP contribution in [0.1, 0.15) is 18.4 Å². The third-order valence-electron chi connectivity index (χ3n) is 2.87. The number of piperidine rings is 1. The maximum Gasteiger partial charge on any atom is 0.0424 e. The first-order chi connectivity index (χ1) is 7.63. The number of hydrogen-bond acceptors (Lipinski definition) is 2. The Kier molecular flexibility index (Phi) is 4.09. The molecule has 88 valence electrons. The van der Waals surface area contributed by atoms with Gasteiger partial charge >= 0.3 is 0 Å². The summed E-state index contributed by atoms with van der Waals surface area (Å²) in [6.45, 7) is 2.95. The molecule has 2 nitrogen and oxygen atoms in total. The maximum absolute atomic E-state index is 5.97. The minimum atomic E-state index is 0.309. The van der Waals surface area contributed by atoms with E-state index in [1.54, 1.807) is 6.07 Å². The standard InChI is InChI=1S/C12H16Cl2N2/c13-10-4-9(5-11(14)6-10)7-16-3-1-2-12(15)8-16/h4-6,12H,1-3,7-8,15H2/t12-/m0/s1. The summed E-state index contributed by atoms with van der Waals surface area (Å²) in [5, 5.41) is 1.40. The summed E-state index contributed by atoms with van der Waals surface area (Å²) in [7, 11) is 0. The van der Waals surface area contributed by atoms with Crippen LogP contribution >= 0.6 is 23.2 Å². The Morgan fingerprint density at radius 2 is 1.94 bits per heavy atom. The number of nitrogens with zero attached hydrogens (tertiary/aromatic N) is 1. The Labute approximate surface area is 106 Å². The molecule has 1 aliphatic rings. The van der Waals surface area contributed by atoms with Gasteiger partial charge in [-0.1, -0.05) is 23.2 Å². The number of hydrogen-bond donors (Lipinski definition) is 1. The summed E-state index contributed by atoms with van der Waals surface area (Å²) >= 11 is 11.9. The van der Waals surface area contributed by atoms with Crippen molar-refractivity contribution in [1.82, 2.24) is 4.90 Å². The highest BCUT2D eigenvalue weighted by Gasteiger charge is 2.16. The van der Waals surface area contributed by atoms with Crippen LogP contribution in [0.2, 0.25) is 10.0 Å². The van der Waals surface area contributed by atoms with Crippen LogP contribution in [0.5, 0.6) is 0 Å². The van der Waals surface area contributed by atoms with Gasteiger partial charge < -0.3 is 5.73 Å². The average molecular weight is 259 g/mol. The predicted molar refractivity (Wildman–Crippen MR) is 68.9 cm³/mol. The lowest BCUT2D eigenvalue weighted by atomic mass is 10.1. The van der Waals surface area contributed by atoms with Crippen molar-refractivity contribution in [3.8, 4) is 0 Å². The number of likely N-dealkylation sites (tertiary alicyclic amines) is 1. The van der Waals surface area contributed by atoms with Gasteiger partial charge in [-0.15, -0.1) is 0 Å². The van der Waals surface area contributed by atoms with Crippen LogP contribution in [0.25, 0.3) is 0 Å². The average Bonchev–Trinajstić information content (AvgIpc) is 2.15. The smallest absolute Gasteiger partial charge is 0.0424 e. The molecule has 1 atom stereocenters. The molecule has 1 aliphatic heterocycles. The lowest BCUT2D eigenvalue weighted by molar-refractivity contribution is 0.201. The van der Waals surface area contributed by atoms with E-state index in [0.29, 0.717) is 16.1 Å². The minimum absolute atomic E-state index is 0.309. The molecule has 1 saturated heterocycles. The fraction of sp³-hybridized carbons (Fsp3) is 0.500. The van der Waals surface area contributed by atoms with E-state index >= 15 is 0 Å². The van der Waals surface area contributed by atoms with Gasteiger partial charge in [-0.25, -0.2) is 0 Å². The van der Waals surface area contributed by atoms with Gasteiger partial charge in [0.2, 0.25) is 0 Å². The van der Waals surface area contributed by atoms with E-state index in [9.17, 15) is 0 Å². The molecule has 0 aliphatic carbocycles. The van der Waals surface area contributed by atoms with Gasteiger partial charge in [0.15, 0.2) is 0 Å². The highest BCUT2D eigenvalue weighted by Crippen LogP contribution is 2.21. The van der Waals surface area contributed by atoms with E-state index in [1.807, 2.05) is 12.1 Å². The third kappa shape index (κ3) is 3.36. The van der Waals surface area contributed by atoms with E-state index in [0.717, 1.165) is 31.6 Å². The number of benzene rings is 1. The van der Waals surface area contributed by atoms with E-state index in [4.69, 9.17) is 28.9 Å².